The van der Waals surface area contributed by atoms with Crippen LogP contribution in [-0.4, -0.2) is 0 Å². The van der Waals surface area contributed by atoms with Crippen LogP contribution in [0.1, 0.15) is 29.7 Å². The van der Waals surface area contributed by atoms with Crippen LogP contribution in [-0.2, 0) is 12.8 Å². The molecule has 20 heavy (non-hydrogen) atoms. The van der Waals surface area contributed by atoms with Crippen LogP contribution in [0.25, 0.3) is 0 Å². The first-order chi connectivity index (χ1) is 9.65. The zero-order valence-electron chi connectivity index (χ0n) is 11.4. The van der Waals surface area contributed by atoms with Gasteiger partial charge in [-0.15, -0.1) is 0 Å². The van der Waals surface area contributed by atoms with Crippen molar-refractivity contribution in [3.8, 4) is 0 Å². The molecule has 0 aliphatic rings. The van der Waals surface area contributed by atoms with Crippen LogP contribution in [0.15, 0.2) is 42.5 Å². The highest BCUT2D eigenvalue weighted by molar-refractivity contribution is 6.31. The first-order valence-electron chi connectivity index (χ1n) is 6.63. The molecule has 1 atom stereocenters. The van der Waals surface area contributed by atoms with Crippen molar-refractivity contribution in [1.29, 1.82) is 0 Å². The molecule has 2 aromatic carbocycles. The maximum atomic E-state index is 13.9. The minimum atomic E-state index is -0.351. The fraction of sp³-hybridized carbons (Fsp3) is 0.250. The number of benzene rings is 2. The molecule has 0 aromatic heterocycles. The predicted octanol–water partition coefficient (Wildman–Crippen LogP) is 3.79. The van der Waals surface area contributed by atoms with Crippen LogP contribution in [0.5, 0.6) is 0 Å². The van der Waals surface area contributed by atoms with Gasteiger partial charge in [0.25, 0.3) is 0 Å². The van der Waals surface area contributed by atoms with Crippen LogP contribution in [0, 0.1) is 5.82 Å². The Morgan fingerprint density at radius 2 is 1.80 bits per heavy atom. The largest absolute Gasteiger partial charge is 0.271 e. The number of nitrogens with one attached hydrogen (secondary N) is 1. The van der Waals surface area contributed by atoms with Gasteiger partial charge < -0.3 is 0 Å². The summed E-state index contributed by atoms with van der Waals surface area (Å²) in [5.74, 6) is 5.23. The van der Waals surface area contributed by atoms with Gasteiger partial charge >= 0.3 is 0 Å². The van der Waals surface area contributed by atoms with E-state index in [1.54, 1.807) is 12.1 Å². The van der Waals surface area contributed by atoms with Gasteiger partial charge in [0.1, 0.15) is 5.82 Å². The molecule has 0 heterocycles. The maximum absolute atomic E-state index is 13.9. The molecule has 2 rings (SSSR count). The Kier molecular flexibility index (Phi) is 5.12. The van der Waals surface area contributed by atoms with E-state index in [2.05, 4.69) is 24.5 Å². The third-order valence-electron chi connectivity index (χ3n) is 3.42. The van der Waals surface area contributed by atoms with Gasteiger partial charge in [-0.05, 0) is 36.1 Å². The lowest BCUT2D eigenvalue weighted by molar-refractivity contribution is 0.511. The summed E-state index contributed by atoms with van der Waals surface area (Å²) in [6.45, 7) is 2.11. The van der Waals surface area contributed by atoms with Gasteiger partial charge in [0.2, 0.25) is 0 Å². The third kappa shape index (κ3) is 3.37. The number of halogens is 2. The van der Waals surface area contributed by atoms with E-state index >= 15 is 0 Å². The number of aryl methyl sites for hydroxylation is 1. The summed E-state index contributed by atoms with van der Waals surface area (Å²) in [5, 5.41) is 0.387. The standard InChI is InChI=1S/C16H18ClFN2/c1-2-11-6-8-12(9-7-11)10-15(20-19)16-13(17)4-3-5-14(16)18/h3-9,15,20H,2,10,19H2,1H3. The normalized spacial score (nSPS) is 12.4. The highest BCUT2D eigenvalue weighted by Crippen LogP contribution is 2.28. The Bertz CT molecular complexity index is 549. The third-order valence-corrected chi connectivity index (χ3v) is 3.75. The fourth-order valence-corrected chi connectivity index (χ4v) is 2.53. The van der Waals surface area contributed by atoms with Gasteiger partial charge in [-0.1, -0.05) is 48.9 Å². The maximum Gasteiger partial charge on any atom is 0.129 e. The molecule has 2 aromatic rings. The minimum absolute atomic E-state index is 0.342. The molecule has 0 fully saturated rings. The van der Waals surface area contributed by atoms with Gasteiger partial charge in [0, 0.05) is 10.6 Å². The van der Waals surface area contributed by atoms with E-state index < -0.39 is 0 Å². The van der Waals surface area contributed by atoms with Crippen molar-refractivity contribution < 1.29 is 4.39 Å². The second kappa shape index (κ2) is 6.84. The summed E-state index contributed by atoms with van der Waals surface area (Å²) in [5.41, 5.74) is 5.43. The quantitative estimate of drug-likeness (QED) is 0.650. The SMILES string of the molecule is CCc1ccc(CC(NN)c2c(F)cccc2Cl)cc1. The molecular weight excluding hydrogens is 275 g/mol. The van der Waals surface area contributed by atoms with Crippen LogP contribution in [0.3, 0.4) is 0 Å². The Balaban J connectivity index is 2.24. The topological polar surface area (TPSA) is 38.0 Å². The Morgan fingerprint density at radius 3 is 2.35 bits per heavy atom. The zero-order valence-corrected chi connectivity index (χ0v) is 12.1. The molecule has 2 nitrogen and oxygen atoms in total. The molecule has 0 aliphatic carbocycles. The second-order valence-electron chi connectivity index (χ2n) is 4.73. The number of hydrogen-bond acceptors (Lipinski definition) is 2. The van der Waals surface area contributed by atoms with Gasteiger partial charge in [0.05, 0.1) is 6.04 Å². The Morgan fingerprint density at radius 1 is 1.15 bits per heavy atom. The van der Waals surface area contributed by atoms with Crippen molar-refractivity contribution in [3.05, 3.63) is 70.0 Å². The van der Waals surface area contributed by atoms with E-state index in [1.165, 1.54) is 11.6 Å². The highest BCUT2D eigenvalue weighted by atomic mass is 35.5. The molecule has 0 aliphatic heterocycles. The Hall–Kier alpha value is -1.42. The van der Waals surface area contributed by atoms with Crippen molar-refractivity contribution in [2.24, 2.45) is 5.84 Å². The fourth-order valence-electron chi connectivity index (χ4n) is 2.23. The van der Waals surface area contributed by atoms with Crippen molar-refractivity contribution in [2.75, 3.05) is 0 Å². The molecule has 1 unspecified atom stereocenters. The monoisotopic (exact) mass is 292 g/mol. The summed E-state index contributed by atoms with van der Waals surface area (Å²) in [7, 11) is 0. The first kappa shape index (κ1) is 15.0. The van der Waals surface area contributed by atoms with Crippen molar-refractivity contribution in [2.45, 2.75) is 25.8 Å². The molecule has 0 saturated carbocycles. The summed E-state index contributed by atoms with van der Waals surface area (Å²) >= 11 is 6.08. The van der Waals surface area contributed by atoms with E-state index in [0.717, 1.165) is 12.0 Å². The summed E-state index contributed by atoms with van der Waals surface area (Å²) in [6.07, 6.45) is 1.58. The van der Waals surface area contributed by atoms with Gasteiger partial charge in [-0.3, -0.25) is 11.3 Å². The lowest BCUT2D eigenvalue weighted by Gasteiger charge is -2.18. The lowest BCUT2D eigenvalue weighted by Crippen LogP contribution is -2.30. The Labute approximate surface area is 123 Å². The smallest absolute Gasteiger partial charge is 0.129 e. The lowest BCUT2D eigenvalue weighted by atomic mass is 9.98. The van der Waals surface area contributed by atoms with Gasteiger partial charge in [0.15, 0.2) is 0 Å². The average molecular weight is 293 g/mol. The van der Waals surface area contributed by atoms with Crippen LogP contribution in [0.4, 0.5) is 4.39 Å². The van der Waals surface area contributed by atoms with E-state index in [1.807, 2.05) is 12.1 Å². The predicted molar refractivity (Wildman–Crippen MR) is 81.0 cm³/mol. The highest BCUT2D eigenvalue weighted by Gasteiger charge is 2.18. The summed E-state index contributed by atoms with van der Waals surface area (Å²) < 4.78 is 13.9. The van der Waals surface area contributed by atoms with Crippen molar-refractivity contribution in [3.63, 3.8) is 0 Å². The molecule has 0 bridgehead atoms. The molecular formula is C16H18ClFN2. The number of rotatable bonds is 5. The number of nitrogens with two attached hydrogens (primary N) is 1. The van der Waals surface area contributed by atoms with E-state index in [-0.39, 0.29) is 11.9 Å². The van der Waals surface area contributed by atoms with Gasteiger partial charge in [-0.25, -0.2) is 4.39 Å². The summed E-state index contributed by atoms with van der Waals surface area (Å²) in [6, 6.07) is 12.5. The zero-order chi connectivity index (χ0) is 14.5. The van der Waals surface area contributed by atoms with Gasteiger partial charge in [-0.2, -0.15) is 0 Å². The second-order valence-corrected chi connectivity index (χ2v) is 5.14. The molecule has 4 heteroatoms. The summed E-state index contributed by atoms with van der Waals surface area (Å²) in [4.78, 5) is 0. The minimum Gasteiger partial charge on any atom is -0.271 e. The van der Waals surface area contributed by atoms with E-state index in [4.69, 9.17) is 17.4 Å². The number of hydrazine groups is 1. The van der Waals surface area contributed by atoms with Crippen LogP contribution >= 0.6 is 11.6 Å². The molecule has 0 amide bonds. The first-order valence-corrected chi connectivity index (χ1v) is 7.01. The van der Waals surface area contributed by atoms with Crippen LogP contribution in [0.2, 0.25) is 5.02 Å². The molecule has 3 N–H and O–H groups in total. The average Bonchev–Trinajstić information content (AvgIpc) is 2.46. The molecule has 0 saturated heterocycles. The van der Waals surface area contributed by atoms with Crippen LogP contribution < -0.4 is 11.3 Å². The van der Waals surface area contributed by atoms with E-state index in [0.29, 0.717) is 17.0 Å². The molecule has 0 spiro atoms. The number of hydrogen-bond donors (Lipinski definition) is 2. The van der Waals surface area contributed by atoms with E-state index in [9.17, 15) is 4.39 Å². The molecule has 106 valence electrons. The van der Waals surface area contributed by atoms with Crippen molar-refractivity contribution in [1.82, 2.24) is 5.43 Å². The molecule has 0 radical (unpaired) electrons. The van der Waals surface area contributed by atoms with Crippen molar-refractivity contribution >= 4 is 11.6 Å².